The van der Waals surface area contributed by atoms with Gasteiger partial charge in [-0.25, -0.2) is 9.59 Å². The van der Waals surface area contributed by atoms with Gasteiger partial charge < -0.3 is 25.3 Å². The second kappa shape index (κ2) is 9.30. The Kier molecular flexibility index (Phi) is 6.77. The second-order valence-electron chi connectivity index (χ2n) is 7.82. The van der Waals surface area contributed by atoms with Crippen LogP contribution in [0.1, 0.15) is 60.5 Å². The van der Waals surface area contributed by atoms with Crippen LogP contribution < -0.4 is 16.3 Å². The largest absolute Gasteiger partial charge is 0.480 e. The molecule has 0 spiro atoms. The Hall–Kier alpha value is -2.87. The number of aromatic carboxylic acids is 1. The fourth-order valence-electron chi connectivity index (χ4n) is 4.14. The Labute approximate surface area is 174 Å². The molecule has 30 heavy (non-hydrogen) atoms. The molecule has 162 valence electrons. The van der Waals surface area contributed by atoms with Gasteiger partial charge in [-0.05, 0) is 49.8 Å². The van der Waals surface area contributed by atoms with Crippen LogP contribution in [0.5, 0.6) is 0 Å². The SMILES string of the molecule is CCCCC(N)C(=O)O.O=C(O)c1cc2cc3c4c(c2oc1=O)CCCN4CCC3. The molecule has 0 aliphatic carbocycles. The lowest BCUT2D eigenvalue weighted by molar-refractivity contribution is -0.138. The molecule has 1 atom stereocenters. The van der Waals surface area contributed by atoms with Gasteiger partial charge in [0.2, 0.25) is 0 Å². The maximum atomic E-state index is 11.8. The predicted octanol–water partition coefficient (Wildman–Crippen LogP) is 2.78. The number of hydrogen-bond acceptors (Lipinski definition) is 6. The van der Waals surface area contributed by atoms with Crippen molar-refractivity contribution in [2.75, 3.05) is 18.0 Å². The van der Waals surface area contributed by atoms with E-state index in [2.05, 4.69) is 4.90 Å². The molecule has 2 aromatic rings. The molecule has 1 unspecified atom stereocenters. The summed E-state index contributed by atoms with van der Waals surface area (Å²) in [4.78, 5) is 35.4. The molecule has 4 rings (SSSR count). The molecule has 1 aromatic carbocycles. The lowest BCUT2D eigenvalue weighted by Crippen LogP contribution is -2.34. The first-order chi connectivity index (χ1) is 14.3. The van der Waals surface area contributed by atoms with E-state index < -0.39 is 23.6 Å². The third kappa shape index (κ3) is 4.48. The molecule has 0 amide bonds. The van der Waals surface area contributed by atoms with E-state index in [1.54, 1.807) is 0 Å². The third-order valence-electron chi connectivity index (χ3n) is 5.63. The number of rotatable bonds is 5. The Balaban J connectivity index is 0.000000244. The molecule has 0 saturated heterocycles. The number of carboxylic acid groups (broad SMARTS) is 2. The van der Waals surface area contributed by atoms with E-state index in [1.165, 1.54) is 17.3 Å². The van der Waals surface area contributed by atoms with Gasteiger partial charge in [-0.15, -0.1) is 0 Å². The molecule has 8 heteroatoms. The summed E-state index contributed by atoms with van der Waals surface area (Å²) in [7, 11) is 0. The first kappa shape index (κ1) is 21.8. The van der Waals surface area contributed by atoms with Crippen LogP contribution in [0.4, 0.5) is 5.69 Å². The lowest BCUT2D eigenvalue weighted by Gasteiger charge is -2.37. The zero-order valence-electron chi connectivity index (χ0n) is 17.1. The van der Waals surface area contributed by atoms with E-state index in [9.17, 15) is 14.4 Å². The molecule has 0 bridgehead atoms. The highest BCUT2D eigenvalue weighted by molar-refractivity contribution is 5.94. The average Bonchev–Trinajstić information content (AvgIpc) is 2.72. The smallest absolute Gasteiger partial charge is 0.351 e. The van der Waals surface area contributed by atoms with Crippen molar-refractivity contribution in [1.29, 1.82) is 0 Å². The minimum Gasteiger partial charge on any atom is -0.480 e. The summed E-state index contributed by atoms with van der Waals surface area (Å²) in [6.07, 6.45) is 6.51. The van der Waals surface area contributed by atoms with Gasteiger partial charge in [-0.1, -0.05) is 19.8 Å². The molecule has 1 aromatic heterocycles. The van der Waals surface area contributed by atoms with Crippen molar-refractivity contribution in [2.45, 2.75) is 57.9 Å². The Morgan fingerprint density at radius 1 is 1.20 bits per heavy atom. The number of unbranched alkanes of at least 4 members (excludes halogenated alkanes) is 1. The van der Waals surface area contributed by atoms with Gasteiger partial charge in [0, 0.05) is 29.7 Å². The van der Waals surface area contributed by atoms with Gasteiger partial charge in [-0.2, -0.15) is 0 Å². The van der Waals surface area contributed by atoms with Gasteiger partial charge in [0.15, 0.2) is 0 Å². The van der Waals surface area contributed by atoms with E-state index in [0.717, 1.165) is 62.6 Å². The fourth-order valence-corrected chi connectivity index (χ4v) is 4.14. The maximum absolute atomic E-state index is 11.8. The Morgan fingerprint density at radius 2 is 1.90 bits per heavy atom. The number of nitrogens with two attached hydrogens (primary N) is 1. The molecule has 2 aliphatic rings. The minimum atomic E-state index is -1.24. The number of nitrogens with zero attached hydrogens (tertiary/aromatic N) is 1. The second-order valence-corrected chi connectivity index (χ2v) is 7.82. The van der Waals surface area contributed by atoms with Crippen molar-refractivity contribution in [3.05, 3.63) is 39.2 Å². The fraction of sp³-hybridized carbons (Fsp3) is 0.500. The number of benzene rings is 1. The van der Waals surface area contributed by atoms with Crippen LogP contribution >= 0.6 is 0 Å². The van der Waals surface area contributed by atoms with Crippen LogP contribution in [0.3, 0.4) is 0 Å². The summed E-state index contributed by atoms with van der Waals surface area (Å²) in [6, 6.07) is 2.78. The molecule has 2 aliphatic heterocycles. The van der Waals surface area contributed by atoms with Crippen LogP contribution in [-0.2, 0) is 17.6 Å². The molecule has 4 N–H and O–H groups in total. The average molecular weight is 416 g/mol. The first-order valence-electron chi connectivity index (χ1n) is 10.4. The topological polar surface area (TPSA) is 134 Å². The zero-order valence-corrected chi connectivity index (χ0v) is 17.1. The summed E-state index contributed by atoms with van der Waals surface area (Å²) < 4.78 is 5.36. The van der Waals surface area contributed by atoms with E-state index in [-0.39, 0.29) is 5.56 Å². The van der Waals surface area contributed by atoms with Gasteiger partial charge in [0.05, 0.1) is 0 Å². The minimum absolute atomic E-state index is 0.293. The summed E-state index contributed by atoms with van der Waals surface area (Å²) >= 11 is 0. The van der Waals surface area contributed by atoms with E-state index in [4.69, 9.17) is 20.4 Å². The van der Waals surface area contributed by atoms with E-state index in [0.29, 0.717) is 12.0 Å². The van der Waals surface area contributed by atoms with Crippen molar-refractivity contribution in [3.8, 4) is 0 Å². The van der Waals surface area contributed by atoms with Gasteiger partial charge in [-0.3, -0.25) is 4.79 Å². The quantitative estimate of drug-likeness (QED) is 0.634. The molecular weight excluding hydrogens is 388 g/mol. The van der Waals surface area contributed by atoms with Crippen molar-refractivity contribution >= 4 is 28.6 Å². The molecule has 0 saturated carbocycles. The molecule has 8 nitrogen and oxygen atoms in total. The summed E-state index contributed by atoms with van der Waals surface area (Å²) in [5.74, 6) is -2.14. The first-order valence-corrected chi connectivity index (χ1v) is 10.4. The standard InChI is InChI=1S/C16H15NO4.C6H13NO2/c18-15(19)12-8-10-7-9-3-1-5-17-6-2-4-11(13(9)17)14(10)21-16(12)20;1-2-3-4-5(7)6(8)9/h7-8H,1-6H2,(H,18,19);5H,2-4,7H2,1H3,(H,8,9). The Bertz CT molecular complexity index is 1010. The highest BCUT2D eigenvalue weighted by atomic mass is 16.4. The number of fused-ring (bicyclic) bond motifs is 2. The van der Waals surface area contributed by atoms with Crippen molar-refractivity contribution in [2.24, 2.45) is 5.73 Å². The van der Waals surface area contributed by atoms with Crippen LogP contribution in [0.15, 0.2) is 21.3 Å². The van der Waals surface area contributed by atoms with Gasteiger partial charge in [0.25, 0.3) is 0 Å². The zero-order chi connectivity index (χ0) is 21.8. The van der Waals surface area contributed by atoms with Crippen LogP contribution in [-0.4, -0.2) is 41.3 Å². The molecule has 3 heterocycles. The van der Waals surface area contributed by atoms with E-state index in [1.807, 2.05) is 13.0 Å². The van der Waals surface area contributed by atoms with E-state index >= 15 is 0 Å². The number of anilines is 1. The number of aliphatic carboxylic acids is 1. The number of hydrogen-bond donors (Lipinski definition) is 3. The summed E-state index contributed by atoms with van der Waals surface area (Å²) in [5, 5.41) is 18.1. The van der Waals surface area contributed by atoms with Gasteiger partial charge in [0.1, 0.15) is 17.2 Å². The lowest BCUT2D eigenvalue weighted by atomic mass is 9.90. The number of carbonyl (C=O) groups is 2. The van der Waals surface area contributed by atoms with Crippen LogP contribution in [0.2, 0.25) is 0 Å². The van der Waals surface area contributed by atoms with Gasteiger partial charge >= 0.3 is 17.6 Å². The summed E-state index contributed by atoms with van der Waals surface area (Å²) in [5.41, 5.74) is 8.24. The summed E-state index contributed by atoms with van der Waals surface area (Å²) in [6.45, 7) is 4.10. The number of aryl methyl sites for hydroxylation is 2. The normalized spacial score (nSPS) is 15.7. The van der Waals surface area contributed by atoms with Crippen molar-refractivity contribution < 1.29 is 24.2 Å². The maximum Gasteiger partial charge on any atom is 0.351 e. The molecule has 0 fully saturated rings. The van der Waals surface area contributed by atoms with Crippen molar-refractivity contribution in [3.63, 3.8) is 0 Å². The Morgan fingerprint density at radius 3 is 2.53 bits per heavy atom. The number of carboxylic acids is 2. The highest BCUT2D eigenvalue weighted by Crippen LogP contribution is 2.39. The van der Waals surface area contributed by atoms with Crippen molar-refractivity contribution in [1.82, 2.24) is 0 Å². The molecular formula is C22H28N2O6. The monoisotopic (exact) mass is 416 g/mol. The predicted molar refractivity (Wildman–Crippen MR) is 113 cm³/mol. The van der Waals surface area contributed by atoms with Crippen LogP contribution in [0, 0.1) is 0 Å². The third-order valence-corrected chi connectivity index (χ3v) is 5.63. The highest BCUT2D eigenvalue weighted by Gasteiger charge is 2.27. The van der Waals surface area contributed by atoms with Crippen LogP contribution in [0.25, 0.3) is 11.0 Å². The molecule has 0 radical (unpaired) electrons.